The minimum atomic E-state index is -1.02. The fourth-order valence-corrected chi connectivity index (χ4v) is 2.01. The van der Waals surface area contributed by atoms with E-state index in [1.165, 1.54) is 12.3 Å². The van der Waals surface area contributed by atoms with Gasteiger partial charge in [0.15, 0.2) is 5.82 Å². The number of carboxylic acids is 1. The van der Waals surface area contributed by atoms with E-state index < -0.39 is 5.97 Å². The van der Waals surface area contributed by atoms with Crippen LogP contribution in [0.25, 0.3) is 0 Å². The molecule has 0 aliphatic carbocycles. The number of nitrogens with zero attached hydrogens (tertiary/aromatic N) is 3. The smallest absolute Gasteiger partial charge is 0.337 e. The Labute approximate surface area is 109 Å². The maximum absolute atomic E-state index is 11.0. The molecule has 0 spiro atoms. The van der Waals surface area contributed by atoms with Gasteiger partial charge >= 0.3 is 5.97 Å². The summed E-state index contributed by atoms with van der Waals surface area (Å²) in [5.74, 6) is 0.254. The molecule has 1 N–H and O–H groups in total. The zero-order chi connectivity index (χ0) is 13.2. The quantitative estimate of drug-likeness (QED) is 0.882. The normalized spacial score (nSPS) is 13.6. The van der Waals surface area contributed by atoms with Crippen molar-refractivity contribution in [2.75, 3.05) is 18.1 Å². The van der Waals surface area contributed by atoms with Gasteiger partial charge in [0.25, 0.3) is 0 Å². The topological polar surface area (TPSA) is 75.5 Å². The second-order valence-corrected chi connectivity index (χ2v) is 4.08. The predicted molar refractivity (Wildman–Crippen MR) is 67.9 cm³/mol. The van der Waals surface area contributed by atoms with E-state index in [-0.39, 0.29) is 5.56 Å². The second-order valence-electron chi connectivity index (χ2n) is 4.08. The Kier molecular flexibility index (Phi) is 2.75. The van der Waals surface area contributed by atoms with E-state index in [1.54, 1.807) is 0 Å². The molecular weight excluding hydrogens is 246 g/mol. The molecule has 6 nitrogen and oxygen atoms in total. The highest BCUT2D eigenvalue weighted by atomic mass is 16.5. The standard InChI is InChI=1S/C13H11N3O3/c17-13(18)9-7-12(15-14-8-9)16-5-6-19-11-4-2-1-3-10(11)16/h1-4,7-8H,5-6H2,(H,17,18). The highest BCUT2D eigenvalue weighted by molar-refractivity contribution is 5.88. The van der Waals surface area contributed by atoms with Crippen LogP contribution < -0.4 is 9.64 Å². The Hall–Kier alpha value is -2.63. The van der Waals surface area contributed by atoms with Gasteiger partial charge in [-0.1, -0.05) is 12.1 Å². The van der Waals surface area contributed by atoms with Crippen LogP contribution in [0.15, 0.2) is 36.5 Å². The van der Waals surface area contributed by atoms with Gasteiger partial charge in [-0.2, -0.15) is 5.10 Å². The van der Waals surface area contributed by atoms with Crippen LogP contribution in [0, 0.1) is 0 Å². The van der Waals surface area contributed by atoms with Gasteiger partial charge in [0.05, 0.1) is 24.0 Å². The van der Waals surface area contributed by atoms with E-state index >= 15 is 0 Å². The van der Waals surface area contributed by atoms with Gasteiger partial charge in [0.1, 0.15) is 12.4 Å². The molecule has 0 fully saturated rings. The van der Waals surface area contributed by atoms with Crippen molar-refractivity contribution in [2.45, 2.75) is 0 Å². The molecule has 19 heavy (non-hydrogen) atoms. The molecule has 1 aromatic carbocycles. The fraction of sp³-hybridized carbons (Fsp3) is 0.154. The molecule has 0 amide bonds. The molecule has 3 rings (SSSR count). The van der Waals surface area contributed by atoms with Gasteiger partial charge in [-0.3, -0.25) is 0 Å². The van der Waals surface area contributed by atoms with Crippen molar-refractivity contribution in [3.63, 3.8) is 0 Å². The van der Waals surface area contributed by atoms with Crippen LogP contribution >= 0.6 is 0 Å². The van der Waals surface area contributed by atoms with Crippen molar-refractivity contribution in [2.24, 2.45) is 0 Å². The summed E-state index contributed by atoms with van der Waals surface area (Å²) >= 11 is 0. The van der Waals surface area contributed by atoms with E-state index in [0.29, 0.717) is 19.0 Å². The number of carbonyl (C=O) groups is 1. The summed E-state index contributed by atoms with van der Waals surface area (Å²) in [5.41, 5.74) is 0.986. The zero-order valence-corrected chi connectivity index (χ0v) is 9.98. The van der Waals surface area contributed by atoms with E-state index in [4.69, 9.17) is 9.84 Å². The first kappa shape index (κ1) is 11.5. The Morgan fingerprint density at radius 3 is 3.05 bits per heavy atom. The molecule has 0 atom stereocenters. The number of aromatic carboxylic acids is 1. The molecule has 0 saturated heterocycles. The van der Waals surface area contributed by atoms with Crippen LogP contribution in [-0.2, 0) is 0 Å². The lowest BCUT2D eigenvalue weighted by Gasteiger charge is -2.29. The van der Waals surface area contributed by atoms with Gasteiger partial charge in [-0.05, 0) is 18.2 Å². The Morgan fingerprint density at radius 1 is 1.37 bits per heavy atom. The van der Waals surface area contributed by atoms with Crippen LogP contribution in [0.4, 0.5) is 11.5 Å². The molecule has 0 radical (unpaired) electrons. The van der Waals surface area contributed by atoms with E-state index in [0.717, 1.165) is 11.4 Å². The molecule has 6 heteroatoms. The molecule has 1 aliphatic rings. The minimum Gasteiger partial charge on any atom is -0.490 e. The van der Waals surface area contributed by atoms with Crippen molar-refractivity contribution in [1.29, 1.82) is 0 Å². The number of para-hydroxylation sites is 2. The monoisotopic (exact) mass is 257 g/mol. The van der Waals surface area contributed by atoms with Crippen molar-refractivity contribution < 1.29 is 14.6 Å². The Morgan fingerprint density at radius 2 is 2.21 bits per heavy atom. The third-order valence-corrected chi connectivity index (χ3v) is 2.89. The van der Waals surface area contributed by atoms with Crippen molar-refractivity contribution in [3.05, 3.63) is 42.1 Å². The molecule has 96 valence electrons. The van der Waals surface area contributed by atoms with E-state index in [9.17, 15) is 4.79 Å². The van der Waals surface area contributed by atoms with Crippen LogP contribution in [0.3, 0.4) is 0 Å². The fourth-order valence-electron chi connectivity index (χ4n) is 2.01. The first-order chi connectivity index (χ1) is 9.25. The summed E-state index contributed by atoms with van der Waals surface area (Å²) in [6.07, 6.45) is 1.23. The molecular formula is C13H11N3O3. The lowest BCUT2D eigenvalue weighted by atomic mass is 10.2. The van der Waals surface area contributed by atoms with Gasteiger partial charge in [0.2, 0.25) is 0 Å². The third-order valence-electron chi connectivity index (χ3n) is 2.89. The summed E-state index contributed by atoms with van der Waals surface area (Å²) in [5, 5.41) is 16.7. The number of aromatic nitrogens is 2. The molecule has 2 heterocycles. The minimum absolute atomic E-state index is 0.119. The van der Waals surface area contributed by atoms with Gasteiger partial charge in [0, 0.05) is 0 Å². The molecule has 0 saturated carbocycles. The molecule has 0 unspecified atom stereocenters. The summed E-state index contributed by atoms with van der Waals surface area (Å²) < 4.78 is 5.55. The molecule has 2 aromatic rings. The molecule has 1 aromatic heterocycles. The van der Waals surface area contributed by atoms with Crippen LogP contribution in [0.2, 0.25) is 0 Å². The van der Waals surface area contributed by atoms with Crippen molar-refractivity contribution in [3.8, 4) is 5.75 Å². The lowest BCUT2D eigenvalue weighted by molar-refractivity contribution is 0.0696. The Balaban J connectivity index is 2.04. The number of ether oxygens (including phenoxy) is 1. The maximum atomic E-state index is 11.0. The van der Waals surface area contributed by atoms with Crippen molar-refractivity contribution in [1.82, 2.24) is 10.2 Å². The summed E-state index contributed by atoms with van der Waals surface area (Å²) in [6.45, 7) is 1.13. The number of benzene rings is 1. The average Bonchev–Trinajstić information content (AvgIpc) is 2.47. The van der Waals surface area contributed by atoms with Crippen LogP contribution in [-0.4, -0.2) is 34.4 Å². The average molecular weight is 257 g/mol. The highest BCUT2D eigenvalue weighted by Gasteiger charge is 2.21. The summed E-state index contributed by atoms with van der Waals surface area (Å²) in [7, 11) is 0. The van der Waals surface area contributed by atoms with Crippen LogP contribution in [0.5, 0.6) is 5.75 Å². The number of carboxylic acid groups (broad SMARTS) is 1. The SMILES string of the molecule is O=C(O)c1cnnc(N2CCOc3ccccc32)c1. The number of fused-ring (bicyclic) bond motifs is 1. The number of anilines is 2. The zero-order valence-electron chi connectivity index (χ0n) is 9.98. The Bertz CT molecular complexity index is 630. The van der Waals surface area contributed by atoms with Gasteiger partial charge < -0.3 is 14.7 Å². The van der Waals surface area contributed by atoms with Gasteiger partial charge in [-0.15, -0.1) is 5.10 Å². The van der Waals surface area contributed by atoms with Crippen LogP contribution in [0.1, 0.15) is 10.4 Å². The molecule has 1 aliphatic heterocycles. The predicted octanol–water partition coefficient (Wildman–Crippen LogP) is 1.71. The highest BCUT2D eigenvalue weighted by Crippen LogP contribution is 2.35. The van der Waals surface area contributed by atoms with Gasteiger partial charge in [-0.25, -0.2) is 4.79 Å². The molecule has 0 bridgehead atoms. The maximum Gasteiger partial charge on any atom is 0.337 e. The van der Waals surface area contributed by atoms with E-state index in [2.05, 4.69) is 10.2 Å². The summed E-state index contributed by atoms with van der Waals surface area (Å²) in [6, 6.07) is 9.08. The first-order valence-electron chi connectivity index (χ1n) is 5.81. The first-order valence-corrected chi connectivity index (χ1v) is 5.81. The lowest BCUT2D eigenvalue weighted by Crippen LogP contribution is -2.29. The third kappa shape index (κ3) is 2.08. The summed E-state index contributed by atoms with van der Waals surface area (Å²) in [4.78, 5) is 12.9. The van der Waals surface area contributed by atoms with E-state index in [1.807, 2.05) is 29.2 Å². The number of rotatable bonds is 2. The number of hydrogen-bond donors (Lipinski definition) is 1. The second kappa shape index (κ2) is 4.56. The number of hydrogen-bond acceptors (Lipinski definition) is 5. The largest absolute Gasteiger partial charge is 0.490 e. The van der Waals surface area contributed by atoms with Crippen molar-refractivity contribution >= 4 is 17.5 Å².